The van der Waals surface area contributed by atoms with Crippen molar-refractivity contribution in [2.24, 2.45) is 11.8 Å². The summed E-state index contributed by atoms with van der Waals surface area (Å²) < 4.78 is 30.0. The molecule has 0 aromatic heterocycles. The van der Waals surface area contributed by atoms with Gasteiger partial charge >= 0.3 is 0 Å². The Bertz CT molecular complexity index is 1250. The standard InChI is InChI=1S/C32H40NO4P/c1-23-15-20-28-29(21-23)37-38(35,33(32(28,2)3)22-24-11-7-5-8-12-24)31(26-13-9-6-10-14-26)30(34)25-16-18-27(36-4)19-17-25/h5-14,16-19,23,28-31,34H,15,20-22H2,1-4H3/t23-,28-,29-,30-,31-,38+/m1/s1. The van der Waals surface area contributed by atoms with Crippen molar-refractivity contribution in [2.75, 3.05) is 7.11 Å². The van der Waals surface area contributed by atoms with Crippen LogP contribution in [0.1, 0.15) is 68.5 Å². The fourth-order valence-electron chi connectivity index (χ4n) is 6.51. The summed E-state index contributed by atoms with van der Waals surface area (Å²) in [6, 6.07) is 27.3. The highest BCUT2D eigenvalue weighted by molar-refractivity contribution is 7.57. The molecule has 1 heterocycles. The molecule has 202 valence electrons. The predicted octanol–water partition coefficient (Wildman–Crippen LogP) is 7.78. The topological polar surface area (TPSA) is 59.0 Å². The van der Waals surface area contributed by atoms with E-state index in [-0.39, 0.29) is 17.6 Å². The van der Waals surface area contributed by atoms with Gasteiger partial charge in [-0.15, -0.1) is 0 Å². The maximum atomic E-state index is 15.7. The predicted molar refractivity (Wildman–Crippen MR) is 152 cm³/mol. The molecule has 3 aromatic carbocycles. The zero-order chi connectivity index (χ0) is 26.9. The van der Waals surface area contributed by atoms with Crippen LogP contribution in [-0.2, 0) is 15.6 Å². The van der Waals surface area contributed by atoms with Gasteiger partial charge < -0.3 is 14.4 Å². The van der Waals surface area contributed by atoms with Gasteiger partial charge in [0.2, 0.25) is 0 Å². The smallest absolute Gasteiger partial charge is 0.283 e. The quantitative estimate of drug-likeness (QED) is 0.314. The van der Waals surface area contributed by atoms with E-state index in [0.717, 1.165) is 30.4 Å². The Labute approximate surface area is 227 Å². The van der Waals surface area contributed by atoms with Gasteiger partial charge in [0.05, 0.1) is 19.3 Å². The van der Waals surface area contributed by atoms with Crippen LogP contribution in [0.5, 0.6) is 5.75 Å². The molecule has 6 atom stereocenters. The van der Waals surface area contributed by atoms with Crippen LogP contribution in [0, 0.1) is 11.8 Å². The highest BCUT2D eigenvalue weighted by Crippen LogP contribution is 2.73. The number of rotatable bonds is 7. The number of ether oxygens (including phenoxy) is 1. The van der Waals surface area contributed by atoms with Crippen molar-refractivity contribution in [2.45, 2.75) is 70.0 Å². The van der Waals surface area contributed by atoms with E-state index in [1.54, 1.807) is 7.11 Å². The molecule has 1 aliphatic carbocycles. The molecule has 0 amide bonds. The van der Waals surface area contributed by atoms with Crippen molar-refractivity contribution < 1.29 is 18.9 Å². The van der Waals surface area contributed by atoms with Gasteiger partial charge in [-0.3, -0.25) is 4.57 Å². The lowest BCUT2D eigenvalue weighted by Gasteiger charge is -2.58. The van der Waals surface area contributed by atoms with E-state index in [1.807, 2.05) is 72.8 Å². The molecular formula is C32H40NO4P. The average molecular weight is 534 g/mol. The average Bonchev–Trinajstić information content (AvgIpc) is 2.92. The zero-order valence-electron chi connectivity index (χ0n) is 22.9. The lowest BCUT2D eigenvalue weighted by molar-refractivity contribution is -0.0553. The van der Waals surface area contributed by atoms with Crippen LogP contribution in [0.25, 0.3) is 0 Å². The van der Waals surface area contributed by atoms with E-state index in [1.165, 1.54) is 0 Å². The molecule has 6 heteroatoms. The fraction of sp³-hybridized carbons (Fsp3) is 0.438. The first kappa shape index (κ1) is 27.1. The molecule has 0 bridgehead atoms. The Balaban J connectivity index is 1.66. The van der Waals surface area contributed by atoms with Crippen molar-refractivity contribution in [3.05, 3.63) is 102 Å². The van der Waals surface area contributed by atoms with E-state index in [4.69, 9.17) is 9.26 Å². The van der Waals surface area contributed by atoms with E-state index in [0.29, 0.717) is 23.8 Å². The normalized spacial score (nSPS) is 28.7. The Morgan fingerprint density at radius 3 is 2.24 bits per heavy atom. The Kier molecular flexibility index (Phi) is 7.84. The minimum atomic E-state index is -3.65. The number of methoxy groups -OCH3 is 1. The summed E-state index contributed by atoms with van der Waals surface area (Å²) in [6.07, 6.45) is 1.94. The SMILES string of the molecule is COc1ccc([C@@H](O)[C@@H](c2ccccc2)[P@]2(=O)O[C@@H]3C[C@H](C)CC[C@H]3C(C)(C)N2Cc2ccccc2)cc1. The van der Waals surface area contributed by atoms with Crippen LogP contribution < -0.4 is 4.74 Å². The first-order chi connectivity index (χ1) is 18.2. The molecular weight excluding hydrogens is 493 g/mol. The second kappa shape index (κ2) is 11.0. The lowest BCUT2D eigenvalue weighted by Crippen LogP contribution is -2.58. The number of benzene rings is 3. The van der Waals surface area contributed by atoms with Crippen LogP contribution in [-0.4, -0.2) is 28.5 Å². The summed E-state index contributed by atoms with van der Waals surface area (Å²) in [7, 11) is -2.02. The lowest BCUT2D eigenvalue weighted by atomic mass is 9.71. The van der Waals surface area contributed by atoms with E-state index in [9.17, 15) is 5.11 Å². The van der Waals surface area contributed by atoms with Crippen LogP contribution in [0.4, 0.5) is 0 Å². The zero-order valence-corrected chi connectivity index (χ0v) is 23.8. The largest absolute Gasteiger partial charge is 0.497 e. The second-order valence-corrected chi connectivity index (χ2v) is 13.9. The molecule has 5 rings (SSSR count). The molecule has 1 saturated heterocycles. The summed E-state index contributed by atoms with van der Waals surface area (Å²) >= 11 is 0. The third kappa shape index (κ3) is 5.10. The van der Waals surface area contributed by atoms with Gasteiger partial charge in [0.1, 0.15) is 11.4 Å². The maximum Gasteiger partial charge on any atom is 0.283 e. The molecule has 3 aromatic rings. The van der Waals surface area contributed by atoms with Crippen molar-refractivity contribution >= 4 is 7.52 Å². The Morgan fingerprint density at radius 1 is 0.974 bits per heavy atom. The molecule has 1 saturated carbocycles. The van der Waals surface area contributed by atoms with Gasteiger partial charge in [0.25, 0.3) is 7.52 Å². The van der Waals surface area contributed by atoms with E-state index < -0.39 is 19.3 Å². The molecule has 1 aliphatic heterocycles. The first-order valence-corrected chi connectivity index (χ1v) is 15.4. The van der Waals surface area contributed by atoms with Crippen LogP contribution in [0.2, 0.25) is 0 Å². The molecule has 0 unspecified atom stereocenters. The van der Waals surface area contributed by atoms with Gasteiger partial charge in [0, 0.05) is 18.0 Å². The molecule has 2 aliphatic rings. The van der Waals surface area contributed by atoms with Crippen LogP contribution >= 0.6 is 7.52 Å². The van der Waals surface area contributed by atoms with Gasteiger partial charge in [0.15, 0.2) is 0 Å². The van der Waals surface area contributed by atoms with Crippen LogP contribution in [0.15, 0.2) is 84.9 Å². The molecule has 38 heavy (non-hydrogen) atoms. The Hall–Kier alpha value is -2.43. The number of hydrogen-bond donors (Lipinski definition) is 1. The Morgan fingerprint density at radius 2 is 1.61 bits per heavy atom. The number of fused-ring (bicyclic) bond motifs is 1. The minimum absolute atomic E-state index is 0.110. The molecule has 2 fully saturated rings. The maximum absolute atomic E-state index is 15.7. The molecule has 5 nitrogen and oxygen atoms in total. The van der Waals surface area contributed by atoms with Gasteiger partial charge in [-0.1, -0.05) is 86.1 Å². The summed E-state index contributed by atoms with van der Waals surface area (Å²) in [5.41, 5.74) is 1.45. The first-order valence-electron chi connectivity index (χ1n) is 13.7. The number of nitrogens with zero attached hydrogens (tertiary/aromatic N) is 1. The van der Waals surface area contributed by atoms with Gasteiger partial charge in [-0.05, 0) is 61.4 Å². The highest BCUT2D eigenvalue weighted by Gasteiger charge is 2.59. The summed E-state index contributed by atoms with van der Waals surface area (Å²) in [5.74, 6) is 1.49. The summed E-state index contributed by atoms with van der Waals surface area (Å²) in [4.78, 5) is 0. The molecule has 1 N–H and O–H groups in total. The number of aliphatic hydroxyl groups is 1. The molecule has 0 radical (unpaired) electrons. The highest BCUT2D eigenvalue weighted by atomic mass is 31.2. The number of hydrogen-bond acceptors (Lipinski definition) is 4. The number of aliphatic hydroxyl groups excluding tert-OH is 1. The summed E-state index contributed by atoms with van der Waals surface area (Å²) in [6.45, 7) is 7.19. The van der Waals surface area contributed by atoms with Crippen molar-refractivity contribution in [3.63, 3.8) is 0 Å². The third-order valence-electron chi connectivity index (χ3n) is 8.67. The van der Waals surface area contributed by atoms with Crippen molar-refractivity contribution in [1.29, 1.82) is 0 Å². The van der Waals surface area contributed by atoms with Crippen LogP contribution in [0.3, 0.4) is 0 Å². The van der Waals surface area contributed by atoms with Crippen molar-refractivity contribution in [3.8, 4) is 5.75 Å². The van der Waals surface area contributed by atoms with Gasteiger partial charge in [-0.25, -0.2) is 4.67 Å². The summed E-state index contributed by atoms with van der Waals surface area (Å²) in [5, 5.41) is 12.0. The fourth-order valence-corrected chi connectivity index (χ4v) is 9.98. The van der Waals surface area contributed by atoms with E-state index >= 15 is 4.57 Å². The minimum Gasteiger partial charge on any atom is -0.497 e. The monoisotopic (exact) mass is 533 g/mol. The van der Waals surface area contributed by atoms with Crippen molar-refractivity contribution in [1.82, 2.24) is 4.67 Å². The third-order valence-corrected chi connectivity index (χ3v) is 11.9. The van der Waals surface area contributed by atoms with E-state index in [2.05, 4.69) is 37.6 Å². The molecule has 0 spiro atoms. The second-order valence-electron chi connectivity index (χ2n) is 11.5. The van der Waals surface area contributed by atoms with Gasteiger partial charge in [-0.2, -0.15) is 0 Å².